The van der Waals surface area contributed by atoms with E-state index in [2.05, 4.69) is 10.6 Å². The van der Waals surface area contributed by atoms with E-state index in [1.165, 1.54) is 0 Å². The summed E-state index contributed by atoms with van der Waals surface area (Å²) in [6.07, 6.45) is 3.84. The van der Waals surface area contributed by atoms with Crippen LogP contribution in [0.1, 0.15) is 31.2 Å². The average molecular weight is 260 g/mol. The van der Waals surface area contributed by atoms with Crippen LogP contribution in [0.2, 0.25) is 0 Å². The number of carbonyl (C=O) groups excluding carboxylic acids is 2. The SMILES string of the molecule is O=C(CCc1ccccc1)N[C@@H]1CCCCNC1=O. The normalized spacial score (nSPS) is 19.4. The number of aryl methyl sites for hydroxylation is 1. The zero-order valence-corrected chi connectivity index (χ0v) is 11.0. The molecule has 1 aliphatic heterocycles. The van der Waals surface area contributed by atoms with Crippen molar-refractivity contribution in [1.82, 2.24) is 10.6 Å². The van der Waals surface area contributed by atoms with Crippen LogP contribution in [0.3, 0.4) is 0 Å². The van der Waals surface area contributed by atoms with Gasteiger partial charge in [0.1, 0.15) is 6.04 Å². The third-order valence-electron chi connectivity index (χ3n) is 3.35. The first-order valence-corrected chi connectivity index (χ1v) is 6.87. The number of benzene rings is 1. The van der Waals surface area contributed by atoms with Gasteiger partial charge < -0.3 is 10.6 Å². The van der Waals surface area contributed by atoms with Gasteiger partial charge in [0.25, 0.3) is 0 Å². The first-order chi connectivity index (χ1) is 9.25. The summed E-state index contributed by atoms with van der Waals surface area (Å²) in [5.41, 5.74) is 1.14. The summed E-state index contributed by atoms with van der Waals surface area (Å²) in [5, 5.41) is 5.65. The molecule has 1 fully saturated rings. The smallest absolute Gasteiger partial charge is 0.242 e. The van der Waals surface area contributed by atoms with Crippen LogP contribution in [-0.4, -0.2) is 24.4 Å². The maximum atomic E-state index is 11.9. The topological polar surface area (TPSA) is 58.2 Å². The fourth-order valence-electron chi connectivity index (χ4n) is 2.25. The van der Waals surface area contributed by atoms with E-state index in [0.717, 1.165) is 31.4 Å². The van der Waals surface area contributed by atoms with Crippen LogP contribution in [0.15, 0.2) is 30.3 Å². The summed E-state index contributed by atoms with van der Waals surface area (Å²) in [4.78, 5) is 23.5. The highest BCUT2D eigenvalue weighted by molar-refractivity contribution is 5.87. The lowest BCUT2D eigenvalue weighted by Gasteiger charge is -2.15. The highest BCUT2D eigenvalue weighted by Gasteiger charge is 2.21. The lowest BCUT2D eigenvalue weighted by Crippen LogP contribution is -2.45. The Bertz CT molecular complexity index is 431. The van der Waals surface area contributed by atoms with Crippen molar-refractivity contribution in [2.45, 2.75) is 38.1 Å². The Kier molecular flexibility index (Phi) is 4.95. The summed E-state index contributed by atoms with van der Waals surface area (Å²) >= 11 is 0. The summed E-state index contributed by atoms with van der Waals surface area (Å²) in [6, 6.07) is 9.54. The van der Waals surface area contributed by atoms with Gasteiger partial charge in [0, 0.05) is 13.0 Å². The molecule has 2 amide bonds. The molecule has 0 unspecified atom stereocenters. The first-order valence-electron chi connectivity index (χ1n) is 6.87. The van der Waals surface area contributed by atoms with Gasteiger partial charge in [-0.05, 0) is 31.2 Å². The molecule has 0 radical (unpaired) electrons. The molecule has 0 bridgehead atoms. The molecule has 102 valence electrons. The fraction of sp³-hybridized carbons (Fsp3) is 0.467. The van der Waals surface area contributed by atoms with Crippen LogP contribution < -0.4 is 10.6 Å². The predicted molar refractivity (Wildman–Crippen MR) is 73.6 cm³/mol. The lowest BCUT2D eigenvalue weighted by molar-refractivity contribution is -0.128. The second-order valence-electron chi connectivity index (χ2n) is 4.89. The molecule has 1 aromatic rings. The predicted octanol–water partition coefficient (Wildman–Crippen LogP) is 1.40. The number of hydrogen-bond donors (Lipinski definition) is 2. The molecule has 1 aromatic carbocycles. The molecule has 4 nitrogen and oxygen atoms in total. The molecular weight excluding hydrogens is 240 g/mol. The quantitative estimate of drug-likeness (QED) is 0.860. The maximum absolute atomic E-state index is 11.9. The van der Waals surface area contributed by atoms with E-state index >= 15 is 0 Å². The lowest BCUT2D eigenvalue weighted by atomic mass is 10.1. The molecule has 0 spiro atoms. The molecule has 19 heavy (non-hydrogen) atoms. The van der Waals surface area contributed by atoms with Crippen LogP contribution in [-0.2, 0) is 16.0 Å². The minimum absolute atomic E-state index is 0.0501. The van der Waals surface area contributed by atoms with Gasteiger partial charge in [0.05, 0.1) is 0 Å². The van der Waals surface area contributed by atoms with Crippen LogP contribution in [0.4, 0.5) is 0 Å². The molecule has 4 heteroatoms. The van der Waals surface area contributed by atoms with E-state index in [1.54, 1.807) is 0 Å². The van der Waals surface area contributed by atoms with Crippen LogP contribution in [0.25, 0.3) is 0 Å². The van der Waals surface area contributed by atoms with Gasteiger partial charge in [-0.3, -0.25) is 9.59 Å². The van der Waals surface area contributed by atoms with Gasteiger partial charge in [0.2, 0.25) is 11.8 Å². The highest BCUT2D eigenvalue weighted by atomic mass is 16.2. The largest absolute Gasteiger partial charge is 0.354 e. The van der Waals surface area contributed by atoms with Crippen molar-refractivity contribution in [2.75, 3.05) is 6.54 Å². The van der Waals surface area contributed by atoms with E-state index in [1.807, 2.05) is 30.3 Å². The molecule has 1 saturated heterocycles. The molecule has 1 atom stereocenters. The maximum Gasteiger partial charge on any atom is 0.242 e. The van der Waals surface area contributed by atoms with Crippen molar-refractivity contribution in [2.24, 2.45) is 0 Å². The Morgan fingerprint density at radius 2 is 2.05 bits per heavy atom. The Hall–Kier alpha value is -1.84. The van der Waals surface area contributed by atoms with Crippen molar-refractivity contribution in [3.63, 3.8) is 0 Å². The van der Waals surface area contributed by atoms with Crippen molar-refractivity contribution < 1.29 is 9.59 Å². The number of amides is 2. The molecule has 1 heterocycles. The van der Waals surface area contributed by atoms with E-state index in [9.17, 15) is 9.59 Å². The summed E-state index contributed by atoms with van der Waals surface area (Å²) in [6.45, 7) is 0.717. The van der Waals surface area contributed by atoms with Crippen molar-refractivity contribution in [1.29, 1.82) is 0 Å². The number of rotatable bonds is 4. The molecule has 0 saturated carbocycles. The standard InChI is InChI=1S/C15H20N2O2/c18-14(10-9-12-6-2-1-3-7-12)17-13-8-4-5-11-16-15(13)19/h1-3,6-7,13H,4-5,8-11H2,(H,16,19)(H,17,18)/t13-/m1/s1. The fourth-order valence-corrected chi connectivity index (χ4v) is 2.25. The summed E-state index contributed by atoms with van der Waals surface area (Å²) in [5.74, 6) is -0.100. The second kappa shape index (κ2) is 6.92. The van der Waals surface area contributed by atoms with Crippen LogP contribution in [0, 0.1) is 0 Å². The van der Waals surface area contributed by atoms with Crippen molar-refractivity contribution >= 4 is 11.8 Å². The zero-order valence-electron chi connectivity index (χ0n) is 11.0. The van der Waals surface area contributed by atoms with E-state index in [-0.39, 0.29) is 17.9 Å². The van der Waals surface area contributed by atoms with Crippen molar-refractivity contribution in [3.05, 3.63) is 35.9 Å². The summed E-state index contributed by atoms with van der Waals surface area (Å²) < 4.78 is 0. The minimum atomic E-state index is -0.356. The van der Waals surface area contributed by atoms with Crippen LogP contribution in [0.5, 0.6) is 0 Å². The molecule has 0 aromatic heterocycles. The third-order valence-corrected chi connectivity index (χ3v) is 3.35. The van der Waals surface area contributed by atoms with E-state index in [4.69, 9.17) is 0 Å². The number of hydrogen-bond acceptors (Lipinski definition) is 2. The van der Waals surface area contributed by atoms with Gasteiger partial charge in [0.15, 0.2) is 0 Å². The Labute approximate surface area is 113 Å². The minimum Gasteiger partial charge on any atom is -0.354 e. The number of nitrogens with one attached hydrogen (secondary N) is 2. The number of carbonyl (C=O) groups is 2. The van der Waals surface area contributed by atoms with E-state index in [0.29, 0.717) is 12.8 Å². The van der Waals surface area contributed by atoms with Gasteiger partial charge >= 0.3 is 0 Å². The summed E-state index contributed by atoms with van der Waals surface area (Å²) in [7, 11) is 0. The van der Waals surface area contributed by atoms with E-state index < -0.39 is 0 Å². The van der Waals surface area contributed by atoms with Crippen molar-refractivity contribution in [3.8, 4) is 0 Å². The molecule has 2 rings (SSSR count). The second-order valence-corrected chi connectivity index (χ2v) is 4.89. The molecule has 0 aliphatic carbocycles. The molecular formula is C15H20N2O2. The first kappa shape index (κ1) is 13.6. The van der Waals surface area contributed by atoms with Gasteiger partial charge in [-0.2, -0.15) is 0 Å². The highest BCUT2D eigenvalue weighted by Crippen LogP contribution is 2.07. The van der Waals surface area contributed by atoms with Gasteiger partial charge in [-0.25, -0.2) is 0 Å². The average Bonchev–Trinajstić information content (AvgIpc) is 2.63. The Balaban J connectivity index is 1.79. The van der Waals surface area contributed by atoms with Crippen LogP contribution >= 0.6 is 0 Å². The monoisotopic (exact) mass is 260 g/mol. The molecule has 1 aliphatic rings. The molecule has 2 N–H and O–H groups in total. The zero-order chi connectivity index (χ0) is 13.5. The van der Waals surface area contributed by atoms with Gasteiger partial charge in [-0.1, -0.05) is 30.3 Å². The Morgan fingerprint density at radius 1 is 1.26 bits per heavy atom. The third kappa shape index (κ3) is 4.39. The van der Waals surface area contributed by atoms with Gasteiger partial charge in [-0.15, -0.1) is 0 Å². The Morgan fingerprint density at radius 3 is 2.84 bits per heavy atom.